The van der Waals surface area contributed by atoms with Gasteiger partial charge in [0.1, 0.15) is 5.60 Å². The molecule has 0 aliphatic rings. The van der Waals surface area contributed by atoms with Gasteiger partial charge in [0.15, 0.2) is 5.78 Å². The molecule has 1 amide bonds. The molecule has 4 nitrogen and oxygen atoms in total. The van der Waals surface area contributed by atoms with Crippen molar-refractivity contribution in [3.8, 4) is 0 Å². The van der Waals surface area contributed by atoms with Crippen LogP contribution in [0.3, 0.4) is 0 Å². The van der Waals surface area contributed by atoms with E-state index in [2.05, 4.69) is 5.32 Å². The molecule has 1 rings (SSSR count). The number of rotatable bonds is 5. The van der Waals surface area contributed by atoms with Crippen LogP contribution in [0.2, 0.25) is 0 Å². The molecule has 21 heavy (non-hydrogen) atoms. The third-order valence-electron chi connectivity index (χ3n) is 2.77. The molecule has 0 bridgehead atoms. The number of aryl methyl sites for hydroxylation is 1. The van der Waals surface area contributed by atoms with Crippen molar-refractivity contribution in [3.05, 3.63) is 35.4 Å². The summed E-state index contributed by atoms with van der Waals surface area (Å²) < 4.78 is 5.17. The molecule has 0 saturated carbocycles. The summed E-state index contributed by atoms with van der Waals surface area (Å²) in [4.78, 5) is 23.7. The first kappa shape index (κ1) is 17.5. The lowest BCUT2D eigenvalue weighted by Gasteiger charge is -2.23. The number of benzene rings is 1. The molecule has 0 saturated heterocycles. The van der Waals surface area contributed by atoms with Gasteiger partial charge < -0.3 is 10.1 Å². The Balaban J connectivity index is 2.74. The van der Waals surface area contributed by atoms with E-state index in [-0.39, 0.29) is 11.7 Å². The molecule has 116 valence electrons. The van der Waals surface area contributed by atoms with Crippen molar-refractivity contribution >= 4 is 23.5 Å². The van der Waals surface area contributed by atoms with E-state index in [4.69, 9.17) is 16.3 Å². The van der Waals surface area contributed by atoms with Gasteiger partial charge >= 0.3 is 6.09 Å². The van der Waals surface area contributed by atoms with Gasteiger partial charge in [-0.1, -0.05) is 29.8 Å². The minimum atomic E-state index is -0.681. The molecule has 0 fully saturated rings. The summed E-state index contributed by atoms with van der Waals surface area (Å²) in [7, 11) is 0. The summed E-state index contributed by atoms with van der Waals surface area (Å²) in [5.74, 6) is -0.380. The molecule has 0 aromatic heterocycles. The maximum Gasteiger partial charge on any atom is 0.408 e. The molecular formula is C16H22ClNO3. The summed E-state index contributed by atoms with van der Waals surface area (Å²) in [6.45, 7) is 7.30. The number of alkyl halides is 1. The number of alkyl carbamates (subject to hydrolysis) is 1. The zero-order valence-corrected chi connectivity index (χ0v) is 13.7. The first-order chi connectivity index (χ1) is 9.71. The second-order valence-corrected chi connectivity index (χ2v) is 6.26. The number of hydrogen-bond acceptors (Lipinski definition) is 3. The number of carbonyl (C=O) groups is 2. The molecule has 1 atom stereocenters. The highest BCUT2D eigenvalue weighted by Crippen LogP contribution is 2.10. The summed E-state index contributed by atoms with van der Waals surface area (Å²) >= 11 is 5.61. The Morgan fingerprint density at radius 3 is 2.29 bits per heavy atom. The van der Waals surface area contributed by atoms with E-state index in [1.165, 1.54) is 0 Å². The lowest BCUT2D eigenvalue weighted by molar-refractivity contribution is -0.118. The molecule has 1 aromatic carbocycles. The molecule has 5 heteroatoms. The fourth-order valence-electron chi connectivity index (χ4n) is 1.75. The summed E-state index contributed by atoms with van der Waals surface area (Å²) in [5.41, 5.74) is 1.49. The van der Waals surface area contributed by atoms with Crippen LogP contribution in [-0.4, -0.2) is 29.4 Å². The molecular weight excluding hydrogens is 290 g/mol. The molecule has 0 aliphatic heterocycles. The van der Waals surface area contributed by atoms with Crippen molar-refractivity contribution in [1.82, 2.24) is 5.32 Å². The third kappa shape index (κ3) is 6.63. The Morgan fingerprint density at radius 1 is 1.24 bits per heavy atom. The van der Waals surface area contributed by atoms with Gasteiger partial charge in [-0.25, -0.2) is 4.79 Å². The number of nitrogens with one attached hydrogen (secondary N) is 1. The van der Waals surface area contributed by atoms with Crippen LogP contribution in [0.5, 0.6) is 0 Å². The van der Waals surface area contributed by atoms with E-state index in [0.717, 1.165) is 11.1 Å². The van der Waals surface area contributed by atoms with Crippen LogP contribution >= 0.6 is 11.6 Å². The molecule has 0 spiro atoms. The average Bonchev–Trinajstić information content (AvgIpc) is 2.37. The zero-order valence-electron chi connectivity index (χ0n) is 12.9. The number of ether oxygens (including phenoxy) is 1. The Kier molecular flexibility index (Phi) is 6.21. The van der Waals surface area contributed by atoms with Crippen molar-refractivity contribution in [3.63, 3.8) is 0 Å². The smallest absolute Gasteiger partial charge is 0.408 e. The van der Waals surface area contributed by atoms with E-state index in [9.17, 15) is 9.59 Å². The number of Topliss-reactive ketones (excluding diaryl/α,β-unsaturated/α-hetero) is 1. The lowest BCUT2D eigenvalue weighted by atomic mass is 10.0. The standard InChI is InChI=1S/C16H22ClNO3/c1-11-5-7-12(8-6-11)9-13(14(19)10-17)18-15(20)21-16(2,3)4/h5-8,13H,9-10H2,1-4H3,(H,18,20)/t13-/m0/s1. The van der Waals surface area contributed by atoms with E-state index < -0.39 is 17.7 Å². The van der Waals surface area contributed by atoms with Gasteiger partial charge in [-0.2, -0.15) is 0 Å². The second-order valence-electron chi connectivity index (χ2n) is 5.99. The lowest BCUT2D eigenvalue weighted by Crippen LogP contribution is -2.45. The van der Waals surface area contributed by atoms with Crippen LogP contribution < -0.4 is 5.32 Å². The van der Waals surface area contributed by atoms with Gasteiger partial charge in [0.2, 0.25) is 0 Å². The minimum absolute atomic E-state index is 0.147. The van der Waals surface area contributed by atoms with E-state index >= 15 is 0 Å². The number of hydrogen-bond donors (Lipinski definition) is 1. The van der Waals surface area contributed by atoms with Crippen molar-refractivity contribution in [1.29, 1.82) is 0 Å². The Labute approximate surface area is 130 Å². The molecule has 1 N–H and O–H groups in total. The van der Waals surface area contributed by atoms with Crippen LogP contribution in [0.4, 0.5) is 4.79 Å². The summed E-state index contributed by atoms with van der Waals surface area (Å²) in [6.07, 6.45) is -0.219. The van der Waals surface area contributed by atoms with Crippen molar-refractivity contribution in [2.24, 2.45) is 0 Å². The topological polar surface area (TPSA) is 55.4 Å². The van der Waals surface area contributed by atoms with Crippen molar-refractivity contribution in [2.75, 3.05) is 5.88 Å². The Bertz CT molecular complexity index is 491. The zero-order chi connectivity index (χ0) is 16.0. The highest BCUT2D eigenvalue weighted by Gasteiger charge is 2.23. The quantitative estimate of drug-likeness (QED) is 0.849. The first-order valence-electron chi connectivity index (χ1n) is 6.85. The first-order valence-corrected chi connectivity index (χ1v) is 7.38. The number of amides is 1. The van der Waals surface area contributed by atoms with Gasteiger partial charge in [-0.05, 0) is 39.7 Å². The summed E-state index contributed by atoms with van der Waals surface area (Å²) in [6, 6.07) is 7.11. The predicted octanol–water partition coefficient (Wildman–Crippen LogP) is 3.24. The average molecular weight is 312 g/mol. The van der Waals surface area contributed by atoms with Crippen LogP contribution in [0.25, 0.3) is 0 Å². The fourth-order valence-corrected chi connectivity index (χ4v) is 1.93. The largest absolute Gasteiger partial charge is 0.444 e. The monoisotopic (exact) mass is 311 g/mol. The van der Waals surface area contributed by atoms with Gasteiger partial charge in [0.25, 0.3) is 0 Å². The highest BCUT2D eigenvalue weighted by molar-refractivity contribution is 6.28. The van der Waals surface area contributed by atoms with Crippen molar-refractivity contribution in [2.45, 2.75) is 45.8 Å². The highest BCUT2D eigenvalue weighted by atomic mass is 35.5. The van der Waals surface area contributed by atoms with Crippen LogP contribution in [0.15, 0.2) is 24.3 Å². The van der Waals surface area contributed by atoms with E-state index in [1.54, 1.807) is 20.8 Å². The maximum absolute atomic E-state index is 11.9. The number of carbonyl (C=O) groups excluding carboxylic acids is 2. The number of ketones is 1. The van der Waals surface area contributed by atoms with Gasteiger partial charge in [0.05, 0.1) is 11.9 Å². The van der Waals surface area contributed by atoms with Gasteiger partial charge in [0, 0.05) is 0 Å². The van der Waals surface area contributed by atoms with Crippen LogP contribution in [0, 0.1) is 6.92 Å². The third-order valence-corrected chi connectivity index (χ3v) is 3.04. The van der Waals surface area contributed by atoms with Crippen LogP contribution in [-0.2, 0) is 16.0 Å². The van der Waals surface area contributed by atoms with Gasteiger partial charge in [-0.3, -0.25) is 4.79 Å². The molecule has 0 unspecified atom stereocenters. The molecule has 0 aliphatic carbocycles. The SMILES string of the molecule is Cc1ccc(C[C@H](NC(=O)OC(C)(C)C)C(=O)CCl)cc1. The van der Waals surface area contributed by atoms with Gasteiger partial charge in [-0.15, -0.1) is 11.6 Å². The Morgan fingerprint density at radius 2 is 1.81 bits per heavy atom. The van der Waals surface area contributed by atoms with E-state index in [1.807, 2.05) is 31.2 Å². The maximum atomic E-state index is 11.9. The predicted molar refractivity (Wildman–Crippen MR) is 83.8 cm³/mol. The number of halogens is 1. The van der Waals surface area contributed by atoms with Crippen molar-refractivity contribution < 1.29 is 14.3 Å². The minimum Gasteiger partial charge on any atom is -0.444 e. The molecule has 0 radical (unpaired) electrons. The van der Waals surface area contributed by atoms with Crippen LogP contribution in [0.1, 0.15) is 31.9 Å². The molecule has 1 aromatic rings. The van der Waals surface area contributed by atoms with E-state index in [0.29, 0.717) is 6.42 Å². The second kappa shape index (κ2) is 7.46. The molecule has 0 heterocycles. The normalized spacial score (nSPS) is 12.6. The summed E-state index contributed by atoms with van der Waals surface area (Å²) in [5, 5.41) is 2.59. The Hall–Kier alpha value is -1.55. The fraction of sp³-hybridized carbons (Fsp3) is 0.500.